The van der Waals surface area contributed by atoms with Crippen LogP contribution in [0.15, 0.2) is 83.8 Å². The predicted molar refractivity (Wildman–Crippen MR) is 152 cm³/mol. The third-order valence-electron chi connectivity index (χ3n) is 6.43. The number of aryl methyl sites for hydroxylation is 1. The van der Waals surface area contributed by atoms with E-state index in [0.717, 1.165) is 22.4 Å². The molecule has 0 saturated heterocycles. The summed E-state index contributed by atoms with van der Waals surface area (Å²) in [7, 11) is -1.91. The average molecular weight is 552 g/mol. The maximum Gasteiger partial charge on any atom is 0.242 e. The van der Waals surface area contributed by atoms with Crippen molar-refractivity contribution in [2.24, 2.45) is 0 Å². The molecule has 0 aliphatic carbocycles. The Hall–Kier alpha value is -3.69. The number of amides is 2. The fourth-order valence-electron chi connectivity index (χ4n) is 4.14. The molecule has 8 nitrogen and oxygen atoms in total. The van der Waals surface area contributed by atoms with Gasteiger partial charge in [0, 0.05) is 26.1 Å². The highest BCUT2D eigenvalue weighted by atomic mass is 32.2. The Morgan fingerprint density at radius 1 is 0.872 bits per heavy atom. The lowest BCUT2D eigenvalue weighted by molar-refractivity contribution is -0.140. The van der Waals surface area contributed by atoms with Crippen molar-refractivity contribution in [1.29, 1.82) is 0 Å². The highest BCUT2D eigenvalue weighted by Gasteiger charge is 2.26. The van der Waals surface area contributed by atoms with E-state index in [9.17, 15) is 18.0 Å². The number of methoxy groups -OCH3 is 1. The van der Waals surface area contributed by atoms with E-state index >= 15 is 0 Å². The zero-order valence-electron chi connectivity index (χ0n) is 22.7. The third-order valence-corrected chi connectivity index (χ3v) is 7.99. The average Bonchev–Trinajstić information content (AvgIpc) is 2.95. The van der Waals surface area contributed by atoms with Gasteiger partial charge in [0.25, 0.3) is 0 Å². The Kier molecular flexibility index (Phi) is 11.1. The smallest absolute Gasteiger partial charge is 0.242 e. The van der Waals surface area contributed by atoms with E-state index in [1.54, 1.807) is 50.1 Å². The molecule has 9 heteroatoms. The molecule has 1 atom stereocenters. The van der Waals surface area contributed by atoms with E-state index in [2.05, 4.69) is 10.0 Å². The van der Waals surface area contributed by atoms with Crippen LogP contribution in [0.25, 0.3) is 0 Å². The molecule has 208 valence electrons. The number of carbonyl (C=O) groups is 2. The van der Waals surface area contributed by atoms with Crippen LogP contribution in [0, 0.1) is 0 Å². The first-order chi connectivity index (χ1) is 18.7. The van der Waals surface area contributed by atoms with Crippen molar-refractivity contribution >= 4 is 21.8 Å². The van der Waals surface area contributed by atoms with Gasteiger partial charge in [0.15, 0.2) is 0 Å². The largest absolute Gasteiger partial charge is 0.497 e. The fraction of sp³-hybridized carbons (Fsp3) is 0.333. The maximum atomic E-state index is 13.4. The molecule has 3 rings (SSSR count). The molecule has 0 bridgehead atoms. The summed E-state index contributed by atoms with van der Waals surface area (Å²) < 4.78 is 32.0. The van der Waals surface area contributed by atoms with Crippen LogP contribution in [0.2, 0.25) is 0 Å². The molecule has 3 aromatic carbocycles. The van der Waals surface area contributed by atoms with Gasteiger partial charge in [0.05, 0.1) is 12.0 Å². The van der Waals surface area contributed by atoms with Gasteiger partial charge in [-0.3, -0.25) is 9.59 Å². The van der Waals surface area contributed by atoms with Crippen molar-refractivity contribution < 1.29 is 22.7 Å². The third kappa shape index (κ3) is 8.94. The summed E-state index contributed by atoms with van der Waals surface area (Å²) in [4.78, 5) is 28.2. The second kappa shape index (κ2) is 14.5. The van der Waals surface area contributed by atoms with E-state index in [-0.39, 0.29) is 23.1 Å². The summed E-state index contributed by atoms with van der Waals surface area (Å²) in [5, 5.41) is 2.96. The Labute approximate surface area is 231 Å². The molecule has 0 fully saturated rings. The van der Waals surface area contributed by atoms with Crippen molar-refractivity contribution in [3.63, 3.8) is 0 Å². The van der Waals surface area contributed by atoms with Gasteiger partial charge < -0.3 is 15.0 Å². The van der Waals surface area contributed by atoms with Crippen LogP contribution in [0.5, 0.6) is 5.75 Å². The Morgan fingerprint density at radius 3 is 2.10 bits per heavy atom. The summed E-state index contributed by atoms with van der Waals surface area (Å²) in [6.07, 6.45) is 1.28. The summed E-state index contributed by atoms with van der Waals surface area (Å²) in [6.45, 7) is 4.53. The molecule has 0 radical (unpaired) electrons. The Bertz CT molecular complexity index is 1310. The lowest BCUT2D eigenvalue weighted by atomic mass is 10.1. The first kappa shape index (κ1) is 29.9. The second-order valence-corrected chi connectivity index (χ2v) is 11.0. The molecule has 0 aliphatic heterocycles. The van der Waals surface area contributed by atoms with Gasteiger partial charge in [-0.05, 0) is 60.7 Å². The second-order valence-electron chi connectivity index (χ2n) is 9.22. The van der Waals surface area contributed by atoms with E-state index in [1.165, 1.54) is 0 Å². The van der Waals surface area contributed by atoms with Gasteiger partial charge in [0.1, 0.15) is 11.8 Å². The summed E-state index contributed by atoms with van der Waals surface area (Å²) >= 11 is 0. The van der Waals surface area contributed by atoms with E-state index in [1.807, 2.05) is 54.6 Å². The molecule has 0 aliphatic rings. The van der Waals surface area contributed by atoms with Crippen LogP contribution < -0.4 is 14.8 Å². The van der Waals surface area contributed by atoms with Gasteiger partial charge >= 0.3 is 0 Å². The lowest BCUT2D eigenvalue weighted by Crippen LogP contribution is -2.48. The normalized spacial score (nSPS) is 12.0. The monoisotopic (exact) mass is 551 g/mol. The maximum absolute atomic E-state index is 13.4. The van der Waals surface area contributed by atoms with Crippen molar-refractivity contribution in [3.05, 3.63) is 95.6 Å². The molecular weight excluding hydrogens is 514 g/mol. The van der Waals surface area contributed by atoms with Crippen molar-refractivity contribution in [2.75, 3.05) is 20.2 Å². The van der Waals surface area contributed by atoms with Crippen LogP contribution in [-0.4, -0.2) is 51.4 Å². The first-order valence-corrected chi connectivity index (χ1v) is 14.5. The Morgan fingerprint density at radius 2 is 1.49 bits per heavy atom. The van der Waals surface area contributed by atoms with Gasteiger partial charge in [-0.25, -0.2) is 13.1 Å². The van der Waals surface area contributed by atoms with Crippen molar-refractivity contribution in [3.8, 4) is 5.75 Å². The minimum Gasteiger partial charge on any atom is -0.497 e. The number of hydrogen-bond donors (Lipinski definition) is 2. The minimum absolute atomic E-state index is 0.152. The number of ether oxygens (including phenoxy) is 1. The van der Waals surface area contributed by atoms with Crippen molar-refractivity contribution in [1.82, 2.24) is 14.9 Å². The number of sulfonamides is 1. The quantitative estimate of drug-likeness (QED) is 0.318. The lowest BCUT2D eigenvalue weighted by Gasteiger charge is -2.29. The van der Waals surface area contributed by atoms with Gasteiger partial charge in [-0.1, -0.05) is 61.5 Å². The molecule has 0 spiro atoms. The first-order valence-electron chi connectivity index (χ1n) is 13.1. The SMILES string of the molecule is CCNS(=O)(=O)c1ccc(CCC(=O)N(Cc2ccccc2)[C@H](C)C(=O)NCCc2ccc(OC)cc2)cc1. The molecule has 2 N–H and O–H groups in total. The molecule has 0 unspecified atom stereocenters. The minimum atomic E-state index is -3.53. The van der Waals surface area contributed by atoms with E-state index in [0.29, 0.717) is 32.5 Å². The molecule has 0 aromatic heterocycles. The number of hydrogen-bond acceptors (Lipinski definition) is 5. The number of rotatable bonds is 14. The summed E-state index contributed by atoms with van der Waals surface area (Å²) in [5.41, 5.74) is 2.85. The van der Waals surface area contributed by atoms with E-state index in [4.69, 9.17) is 4.74 Å². The van der Waals surface area contributed by atoms with Crippen LogP contribution in [-0.2, 0) is 39.0 Å². The molecule has 0 saturated carbocycles. The molecule has 2 amide bonds. The van der Waals surface area contributed by atoms with Crippen LogP contribution >= 0.6 is 0 Å². The van der Waals surface area contributed by atoms with Crippen molar-refractivity contribution in [2.45, 2.75) is 50.6 Å². The van der Waals surface area contributed by atoms with Gasteiger partial charge in [-0.2, -0.15) is 0 Å². The fourth-order valence-corrected chi connectivity index (χ4v) is 5.18. The number of nitrogens with one attached hydrogen (secondary N) is 2. The standard InChI is InChI=1S/C30H37N3O5S/c1-4-32-39(36,37)28-17-12-24(13-18-28)14-19-29(34)33(22-26-8-6-5-7-9-26)23(2)30(35)31-21-20-25-10-15-27(38-3)16-11-25/h5-13,15-18,23,32H,4,14,19-22H2,1-3H3,(H,31,35)/t23-/m1/s1. The summed E-state index contributed by atoms with van der Waals surface area (Å²) in [5.74, 6) is 0.410. The molecular formula is C30H37N3O5S. The zero-order valence-corrected chi connectivity index (χ0v) is 23.5. The zero-order chi connectivity index (χ0) is 28.3. The van der Waals surface area contributed by atoms with Crippen LogP contribution in [0.4, 0.5) is 0 Å². The highest BCUT2D eigenvalue weighted by Crippen LogP contribution is 2.16. The highest BCUT2D eigenvalue weighted by molar-refractivity contribution is 7.89. The van der Waals surface area contributed by atoms with Gasteiger partial charge in [0.2, 0.25) is 21.8 Å². The Balaban J connectivity index is 1.63. The molecule has 0 heterocycles. The summed E-state index contributed by atoms with van der Waals surface area (Å²) in [6, 6.07) is 23.1. The van der Waals surface area contributed by atoms with Crippen LogP contribution in [0.1, 0.15) is 37.0 Å². The number of nitrogens with zero attached hydrogens (tertiary/aromatic N) is 1. The molecule has 39 heavy (non-hydrogen) atoms. The predicted octanol–water partition coefficient (Wildman–Crippen LogP) is 3.70. The number of carbonyl (C=O) groups excluding carboxylic acids is 2. The topological polar surface area (TPSA) is 105 Å². The number of benzene rings is 3. The van der Waals surface area contributed by atoms with Crippen LogP contribution in [0.3, 0.4) is 0 Å². The molecule has 3 aromatic rings. The van der Waals surface area contributed by atoms with E-state index < -0.39 is 16.1 Å². The van der Waals surface area contributed by atoms with Gasteiger partial charge in [-0.15, -0.1) is 0 Å².